The lowest BCUT2D eigenvalue weighted by molar-refractivity contribution is 0.0696. The Balaban J connectivity index is 2.39. The number of rotatable bonds is 4. The Morgan fingerprint density at radius 1 is 1.29 bits per heavy atom. The van der Waals surface area contributed by atoms with Gasteiger partial charge in [0.2, 0.25) is 0 Å². The standard InChI is InChI=1S/C16H20N2O2S/c1-8-6-9(2)17-15(14(8)16(19)20)18-11(4)13-7-10(3)21-12(13)5/h6-7,11H,1-5H3,(H,17,18)(H,19,20). The summed E-state index contributed by atoms with van der Waals surface area (Å²) < 4.78 is 0. The predicted molar refractivity (Wildman–Crippen MR) is 86.5 cm³/mol. The molecule has 1 unspecified atom stereocenters. The van der Waals surface area contributed by atoms with Gasteiger partial charge < -0.3 is 10.4 Å². The Hall–Kier alpha value is -1.88. The summed E-state index contributed by atoms with van der Waals surface area (Å²) in [5.74, 6) is -0.510. The topological polar surface area (TPSA) is 62.2 Å². The molecule has 0 fully saturated rings. The zero-order valence-electron chi connectivity index (χ0n) is 12.9. The summed E-state index contributed by atoms with van der Waals surface area (Å²) in [6.45, 7) is 9.85. The van der Waals surface area contributed by atoms with Crippen LogP contribution >= 0.6 is 11.3 Å². The summed E-state index contributed by atoms with van der Waals surface area (Å²) in [6, 6.07) is 3.95. The Morgan fingerprint density at radius 2 is 1.95 bits per heavy atom. The molecule has 4 nitrogen and oxygen atoms in total. The second-order valence-electron chi connectivity index (χ2n) is 5.34. The van der Waals surface area contributed by atoms with Crippen LogP contribution < -0.4 is 5.32 Å². The summed E-state index contributed by atoms with van der Waals surface area (Å²) in [4.78, 5) is 18.3. The van der Waals surface area contributed by atoms with Crippen LogP contribution in [0, 0.1) is 27.7 Å². The number of aryl methyl sites for hydroxylation is 4. The van der Waals surface area contributed by atoms with Gasteiger partial charge in [0, 0.05) is 15.4 Å². The molecule has 0 bridgehead atoms. The molecule has 5 heteroatoms. The lowest BCUT2D eigenvalue weighted by Crippen LogP contribution is -2.14. The molecule has 0 spiro atoms. The number of carboxylic acids is 1. The second kappa shape index (κ2) is 5.85. The minimum atomic E-state index is -0.951. The number of nitrogens with zero attached hydrogens (tertiary/aromatic N) is 1. The maximum Gasteiger partial charge on any atom is 0.339 e. The monoisotopic (exact) mass is 304 g/mol. The first-order valence-corrected chi connectivity index (χ1v) is 7.66. The highest BCUT2D eigenvalue weighted by Crippen LogP contribution is 2.29. The number of carbonyl (C=O) groups is 1. The van der Waals surface area contributed by atoms with E-state index in [4.69, 9.17) is 0 Å². The molecule has 2 rings (SSSR count). The first-order chi connectivity index (χ1) is 9.79. The molecule has 0 radical (unpaired) electrons. The van der Waals surface area contributed by atoms with E-state index >= 15 is 0 Å². The summed E-state index contributed by atoms with van der Waals surface area (Å²) in [6.07, 6.45) is 0. The van der Waals surface area contributed by atoms with E-state index in [9.17, 15) is 9.90 Å². The van der Waals surface area contributed by atoms with Crippen LogP contribution in [0.2, 0.25) is 0 Å². The normalized spacial score (nSPS) is 12.2. The van der Waals surface area contributed by atoms with Crippen molar-refractivity contribution in [1.29, 1.82) is 0 Å². The number of pyridine rings is 1. The van der Waals surface area contributed by atoms with Crippen molar-refractivity contribution in [2.45, 2.75) is 40.7 Å². The summed E-state index contributed by atoms with van der Waals surface area (Å²) in [7, 11) is 0. The molecule has 21 heavy (non-hydrogen) atoms. The predicted octanol–water partition coefficient (Wildman–Crippen LogP) is 4.25. The van der Waals surface area contributed by atoms with Crippen LogP contribution in [0.25, 0.3) is 0 Å². The van der Waals surface area contributed by atoms with Gasteiger partial charge in [0.1, 0.15) is 11.4 Å². The molecule has 0 aromatic carbocycles. The third-order valence-corrected chi connectivity index (χ3v) is 4.44. The number of carboxylic acid groups (broad SMARTS) is 1. The van der Waals surface area contributed by atoms with E-state index in [1.54, 1.807) is 24.3 Å². The van der Waals surface area contributed by atoms with Crippen molar-refractivity contribution in [2.75, 3.05) is 5.32 Å². The van der Waals surface area contributed by atoms with E-state index in [0.717, 1.165) is 11.3 Å². The molecule has 2 heterocycles. The Morgan fingerprint density at radius 3 is 2.48 bits per heavy atom. The van der Waals surface area contributed by atoms with Crippen LogP contribution in [0.5, 0.6) is 0 Å². The molecule has 0 saturated heterocycles. The van der Waals surface area contributed by atoms with Crippen LogP contribution in [0.3, 0.4) is 0 Å². The first-order valence-electron chi connectivity index (χ1n) is 6.84. The number of anilines is 1. The van der Waals surface area contributed by atoms with Gasteiger partial charge in [-0.1, -0.05) is 0 Å². The first kappa shape index (κ1) is 15.5. The zero-order valence-corrected chi connectivity index (χ0v) is 13.8. The minimum Gasteiger partial charge on any atom is -0.478 e. The van der Waals surface area contributed by atoms with Gasteiger partial charge in [-0.15, -0.1) is 11.3 Å². The largest absolute Gasteiger partial charge is 0.478 e. The number of hydrogen-bond donors (Lipinski definition) is 2. The Labute approximate surface area is 128 Å². The van der Waals surface area contributed by atoms with Crippen LogP contribution in [0.4, 0.5) is 5.82 Å². The third-order valence-electron chi connectivity index (χ3n) is 3.46. The van der Waals surface area contributed by atoms with Gasteiger partial charge in [-0.2, -0.15) is 0 Å². The minimum absolute atomic E-state index is 0.0155. The molecular formula is C16H20N2O2S. The fourth-order valence-electron chi connectivity index (χ4n) is 2.57. The van der Waals surface area contributed by atoms with Crippen molar-refractivity contribution < 1.29 is 9.90 Å². The number of aromatic carboxylic acids is 1. The van der Waals surface area contributed by atoms with E-state index in [-0.39, 0.29) is 11.6 Å². The molecule has 0 aliphatic heterocycles. The van der Waals surface area contributed by atoms with Crippen molar-refractivity contribution in [1.82, 2.24) is 4.98 Å². The van der Waals surface area contributed by atoms with Gasteiger partial charge >= 0.3 is 5.97 Å². The van der Waals surface area contributed by atoms with E-state index in [1.165, 1.54) is 15.3 Å². The summed E-state index contributed by atoms with van der Waals surface area (Å²) in [5, 5.41) is 12.7. The van der Waals surface area contributed by atoms with Crippen molar-refractivity contribution in [3.8, 4) is 0 Å². The van der Waals surface area contributed by atoms with E-state index in [1.807, 2.05) is 13.8 Å². The van der Waals surface area contributed by atoms with Crippen LogP contribution in [0.1, 0.15) is 49.9 Å². The van der Waals surface area contributed by atoms with Gasteiger partial charge in [0.05, 0.1) is 6.04 Å². The van der Waals surface area contributed by atoms with E-state index < -0.39 is 5.97 Å². The van der Waals surface area contributed by atoms with Crippen molar-refractivity contribution >= 4 is 23.1 Å². The van der Waals surface area contributed by atoms with E-state index in [0.29, 0.717) is 5.82 Å². The molecule has 0 amide bonds. The molecule has 0 aliphatic rings. The van der Waals surface area contributed by atoms with E-state index in [2.05, 4.69) is 30.2 Å². The van der Waals surface area contributed by atoms with Gasteiger partial charge in [0.15, 0.2) is 0 Å². The zero-order chi connectivity index (χ0) is 15.7. The molecule has 2 N–H and O–H groups in total. The lowest BCUT2D eigenvalue weighted by atomic mass is 10.1. The maximum absolute atomic E-state index is 11.5. The SMILES string of the molecule is Cc1cc(C)c(C(=O)O)c(NC(C)c2cc(C)sc2C)n1. The number of aromatic nitrogens is 1. The van der Waals surface area contributed by atoms with Gasteiger partial charge in [-0.05, 0) is 57.9 Å². The fourth-order valence-corrected chi connectivity index (χ4v) is 3.60. The lowest BCUT2D eigenvalue weighted by Gasteiger charge is -2.18. The highest BCUT2D eigenvalue weighted by Gasteiger charge is 2.19. The molecule has 2 aromatic rings. The highest BCUT2D eigenvalue weighted by molar-refractivity contribution is 7.12. The number of hydrogen-bond acceptors (Lipinski definition) is 4. The van der Waals surface area contributed by atoms with Gasteiger partial charge in [-0.3, -0.25) is 0 Å². The Kier molecular flexibility index (Phi) is 4.32. The van der Waals surface area contributed by atoms with Crippen molar-refractivity contribution in [3.63, 3.8) is 0 Å². The van der Waals surface area contributed by atoms with Gasteiger partial charge in [0.25, 0.3) is 0 Å². The molecule has 1 atom stereocenters. The van der Waals surface area contributed by atoms with Crippen LogP contribution in [-0.4, -0.2) is 16.1 Å². The van der Waals surface area contributed by atoms with Crippen molar-refractivity contribution in [2.24, 2.45) is 0 Å². The molecule has 0 saturated carbocycles. The molecule has 112 valence electrons. The third kappa shape index (κ3) is 3.24. The summed E-state index contributed by atoms with van der Waals surface area (Å²) in [5.41, 5.74) is 2.97. The van der Waals surface area contributed by atoms with Crippen LogP contribution in [-0.2, 0) is 0 Å². The fraction of sp³-hybridized carbons (Fsp3) is 0.375. The summed E-state index contributed by atoms with van der Waals surface area (Å²) >= 11 is 1.75. The number of thiophene rings is 1. The number of nitrogens with one attached hydrogen (secondary N) is 1. The molecule has 2 aromatic heterocycles. The average molecular weight is 304 g/mol. The maximum atomic E-state index is 11.5. The highest BCUT2D eigenvalue weighted by atomic mass is 32.1. The molecular weight excluding hydrogens is 284 g/mol. The van der Waals surface area contributed by atoms with Gasteiger partial charge in [-0.25, -0.2) is 9.78 Å². The van der Waals surface area contributed by atoms with Crippen LogP contribution in [0.15, 0.2) is 12.1 Å². The van der Waals surface area contributed by atoms with Crippen molar-refractivity contribution in [3.05, 3.63) is 44.3 Å². The quantitative estimate of drug-likeness (QED) is 0.886. The average Bonchev–Trinajstić information content (AvgIpc) is 2.66. The smallest absolute Gasteiger partial charge is 0.339 e. The Bertz CT molecular complexity index is 692. The molecule has 0 aliphatic carbocycles. The second-order valence-corrected chi connectivity index (χ2v) is 6.80.